The van der Waals surface area contributed by atoms with Crippen molar-refractivity contribution in [3.05, 3.63) is 16.3 Å². The molecular weight excluding hydrogens is 302 g/mol. The van der Waals surface area contributed by atoms with Gasteiger partial charge in [0.25, 0.3) is 0 Å². The third-order valence-corrected chi connectivity index (χ3v) is 6.01. The molecule has 1 fully saturated rings. The average Bonchev–Trinajstić information content (AvgIpc) is 2.88. The van der Waals surface area contributed by atoms with E-state index in [9.17, 15) is 18.3 Å². The van der Waals surface area contributed by atoms with E-state index in [1.165, 1.54) is 11.4 Å². The van der Waals surface area contributed by atoms with Gasteiger partial charge in [-0.05, 0) is 30.2 Å². The van der Waals surface area contributed by atoms with Crippen molar-refractivity contribution in [2.24, 2.45) is 5.92 Å². The first kappa shape index (κ1) is 15.4. The minimum Gasteiger partial charge on any atom is -0.477 e. The molecule has 8 heteroatoms. The van der Waals surface area contributed by atoms with Crippen LogP contribution in [0.2, 0.25) is 0 Å². The van der Waals surface area contributed by atoms with Crippen molar-refractivity contribution >= 4 is 27.3 Å². The molecule has 112 valence electrons. The van der Waals surface area contributed by atoms with Crippen molar-refractivity contribution < 1.29 is 23.4 Å². The monoisotopic (exact) mass is 319 g/mol. The molecule has 2 rings (SSSR count). The molecule has 6 nitrogen and oxygen atoms in total. The molecule has 3 N–H and O–H groups in total. The van der Waals surface area contributed by atoms with Gasteiger partial charge in [0.15, 0.2) is 0 Å². The summed E-state index contributed by atoms with van der Waals surface area (Å²) in [5.41, 5.74) is 0. The van der Waals surface area contributed by atoms with E-state index in [4.69, 9.17) is 5.11 Å². The molecule has 2 unspecified atom stereocenters. The molecule has 0 saturated heterocycles. The predicted molar refractivity (Wildman–Crippen MR) is 74.4 cm³/mol. The van der Waals surface area contributed by atoms with E-state index in [0.29, 0.717) is 6.42 Å². The molecule has 0 amide bonds. The van der Waals surface area contributed by atoms with E-state index >= 15 is 0 Å². The Morgan fingerprint density at radius 1 is 1.40 bits per heavy atom. The summed E-state index contributed by atoms with van der Waals surface area (Å²) >= 11 is 0.878. The zero-order valence-corrected chi connectivity index (χ0v) is 12.4. The highest BCUT2D eigenvalue weighted by molar-refractivity contribution is 7.89. The first-order valence-corrected chi connectivity index (χ1v) is 8.76. The van der Waals surface area contributed by atoms with E-state index in [0.717, 1.165) is 30.6 Å². The predicted octanol–water partition coefficient (Wildman–Crippen LogP) is 1.28. The molecule has 1 aliphatic rings. The number of rotatable bonds is 5. The maximum atomic E-state index is 12.1. The lowest BCUT2D eigenvalue weighted by molar-refractivity contribution is 0.0695. The van der Waals surface area contributed by atoms with Gasteiger partial charge in [0.05, 0.1) is 6.10 Å². The van der Waals surface area contributed by atoms with Crippen LogP contribution in [0.3, 0.4) is 0 Å². The Morgan fingerprint density at radius 2 is 2.10 bits per heavy atom. The average molecular weight is 319 g/mol. The Labute approximate surface area is 121 Å². The van der Waals surface area contributed by atoms with Crippen LogP contribution in [-0.4, -0.2) is 37.2 Å². The van der Waals surface area contributed by atoms with Crippen LogP contribution in [0.25, 0.3) is 0 Å². The number of carboxylic acid groups (broad SMARTS) is 1. The van der Waals surface area contributed by atoms with Crippen molar-refractivity contribution in [3.63, 3.8) is 0 Å². The van der Waals surface area contributed by atoms with Gasteiger partial charge in [-0.1, -0.05) is 12.8 Å². The number of hydrogen-bond donors (Lipinski definition) is 3. The molecule has 2 atom stereocenters. The van der Waals surface area contributed by atoms with Gasteiger partial charge >= 0.3 is 5.97 Å². The fourth-order valence-corrected chi connectivity index (χ4v) is 4.74. The first-order chi connectivity index (χ1) is 9.42. The second kappa shape index (κ2) is 6.21. The maximum absolute atomic E-state index is 12.1. The summed E-state index contributed by atoms with van der Waals surface area (Å²) in [5.74, 6) is -1.36. The zero-order valence-electron chi connectivity index (χ0n) is 10.8. The lowest BCUT2D eigenvalue weighted by Crippen LogP contribution is -2.36. The normalized spacial score (nSPS) is 23.6. The van der Waals surface area contributed by atoms with Gasteiger partial charge in [0.1, 0.15) is 9.77 Å². The van der Waals surface area contributed by atoms with E-state index in [1.807, 2.05) is 0 Å². The molecule has 1 saturated carbocycles. The van der Waals surface area contributed by atoms with E-state index in [2.05, 4.69) is 4.72 Å². The Morgan fingerprint density at radius 3 is 2.75 bits per heavy atom. The number of aromatic carboxylic acids is 1. The van der Waals surface area contributed by atoms with Crippen molar-refractivity contribution in [2.75, 3.05) is 6.54 Å². The van der Waals surface area contributed by atoms with Gasteiger partial charge in [-0.25, -0.2) is 17.9 Å². The highest BCUT2D eigenvalue weighted by atomic mass is 32.2. The van der Waals surface area contributed by atoms with Crippen LogP contribution in [0.15, 0.2) is 16.3 Å². The standard InChI is InChI=1S/C12H17NO5S2/c14-9-4-2-1-3-8(9)7-13-20(17,18)10-5-6-19-11(10)12(15)16/h5-6,8-9,13-14H,1-4,7H2,(H,15,16). The van der Waals surface area contributed by atoms with Crippen molar-refractivity contribution in [1.82, 2.24) is 4.72 Å². The molecule has 20 heavy (non-hydrogen) atoms. The van der Waals surface area contributed by atoms with Crippen LogP contribution in [0.5, 0.6) is 0 Å². The molecule has 0 radical (unpaired) electrons. The van der Waals surface area contributed by atoms with Crippen LogP contribution in [0.1, 0.15) is 35.4 Å². The van der Waals surface area contributed by atoms with Gasteiger partial charge < -0.3 is 10.2 Å². The molecule has 0 aliphatic heterocycles. The van der Waals surface area contributed by atoms with Gasteiger partial charge in [0, 0.05) is 6.54 Å². The molecule has 0 spiro atoms. The fourth-order valence-electron chi connectivity index (χ4n) is 2.39. The van der Waals surface area contributed by atoms with Crippen molar-refractivity contribution in [2.45, 2.75) is 36.7 Å². The topological polar surface area (TPSA) is 104 Å². The Balaban J connectivity index is 2.07. The number of nitrogens with one attached hydrogen (secondary N) is 1. The summed E-state index contributed by atoms with van der Waals surface area (Å²) in [7, 11) is -3.85. The third kappa shape index (κ3) is 3.38. The lowest BCUT2D eigenvalue weighted by atomic mass is 9.87. The third-order valence-electron chi connectivity index (χ3n) is 3.52. The number of carboxylic acids is 1. The lowest BCUT2D eigenvalue weighted by Gasteiger charge is -2.27. The Bertz CT molecular complexity index is 580. The van der Waals surface area contributed by atoms with E-state index < -0.39 is 22.1 Å². The molecule has 1 aliphatic carbocycles. The van der Waals surface area contributed by atoms with Crippen molar-refractivity contribution in [1.29, 1.82) is 0 Å². The van der Waals surface area contributed by atoms with Crippen LogP contribution >= 0.6 is 11.3 Å². The highest BCUT2D eigenvalue weighted by Gasteiger charge is 2.27. The maximum Gasteiger partial charge on any atom is 0.347 e. The Hall–Kier alpha value is -0.960. The molecule has 1 aromatic rings. The summed E-state index contributed by atoms with van der Waals surface area (Å²) in [4.78, 5) is 10.6. The first-order valence-electron chi connectivity index (χ1n) is 6.40. The van der Waals surface area contributed by atoms with Crippen LogP contribution in [-0.2, 0) is 10.0 Å². The smallest absolute Gasteiger partial charge is 0.347 e. The number of sulfonamides is 1. The molecular formula is C12H17NO5S2. The fraction of sp³-hybridized carbons (Fsp3) is 0.583. The molecule has 1 aromatic heterocycles. The summed E-state index contributed by atoms with van der Waals surface area (Å²) in [6.45, 7) is 0.137. The van der Waals surface area contributed by atoms with Gasteiger partial charge in [-0.15, -0.1) is 11.3 Å². The molecule has 0 aromatic carbocycles. The minimum atomic E-state index is -3.85. The Kier molecular flexibility index (Phi) is 4.79. The highest BCUT2D eigenvalue weighted by Crippen LogP contribution is 2.25. The van der Waals surface area contributed by atoms with Crippen molar-refractivity contribution in [3.8, 4) is 0 Å². The number of aliphatic hydroxyl groups is 1. The number of carbonyl (C=O) groups is 1. The second-order valence-electron chi connectivity index (χ2n) is 4.88. The van der Waals surface area contributed by atoms with Gasteiger partial charge in [-0.2, -0.15) is 0 Å². The van der Waals surface area contributed by atoms with Crippen LogP contribution < -0.4 is 4.72 Å². The SMILES string of the molecule is O=C(O)c1sccc1S(=O)(=O)NCC1CCCCC1O. The largest absolute Gasteiger partial charge is 0.477 e. The molecule has 1 heterocycles. The summed E-state index contributed by atoms with van der Waals surface area (Å²) in [6.07, 6.45) is 2.90. The van der Waals surface area contributed by atoms with Crippen LogP contribution in [0, 0.1) is 5.92 Å². The van der Waals surface area contributed by atoms with E-state index in [-0.39, 0.29) is 22.2 Å². The zero-order chi connectivity index (χ0) is 14.8. The summed E-state index contributed by atoms with van der Waals surface area (Å²) in [6, 6.07) is 1.29. The quantitative estimate of drug-likeness (QED) is 0.758. The summed E-state index contributed by atoms with van der Waals surface area (Å²) in [5, 5.41) is 20.2. The van der Waals surface area contributed by atoms with E-state index in [1.54, 1.807) is 0 Å². The van der Waals surface area contributed by atoms with Crippen LogP contribution in [0.4, 0.5) is 0 Å². The summed E-state index contributed by atoms with van der Waals surface area (Å²) < 4.78 is 26.6. The number of hydrogen-bond acceptors (Lipinski definition) is 5. The van der Waals surface area contributed by atoms with Gasteiger partial charge in [0.2, 0.25) is 10.0 Å². The second-order valence-corrected chi connectivity index (χ2v) is 7.53. The number of aliphatic hydroxyl groups excluding tert-OH is 1. The minimum absolute atomic E-state index is 0.106. The number of thiophene rings is 1. The molecule has 0 bridgehead atoms. The van der Waals surface area contributed by atoms with Gasteiger partial charge in [-0.3, -0.25) is 0 Å².